The van der Waals surface area contributed by atoms with E-state index in [0.29, 0.717) is 0 Å². The predicted octanol–water partition coefficient (Wildman–Crippen LogP) is 3.56. The number of hydrogen-bond donors (Lipinski definition) is 2. The first kappa shape index (κ1) is 20.8. The molecule has 164 valence electrons. The van der Waals surface area contributed by atoms with Gasteiger partial charge in [0.2, 0.25) is 0 Å². The molecule has 2 aromatic carbocycles. The standard InChI is InChI=1S/C26H29N5O/c1-19(32)22-3-2-4-23(15-22)25-17-29-31-18-24(16-28-26(25)31)21-7-5-20(6-8-21)9-12-30-13-10-27-11-14-30/h2-8,15-19,27,32H,9-14H2,1H3. The van der Waals surface area contributed by atoms with E-state index in [2.05, 4.69) is 39.6 Å². The van der Waals surface area contributed by atoms with Gasteiger partial charge >= 0.3 is 0 Å². The number of rotatable bonds is 6. The van der Waals surface area contributed by atoms with E-state index in [1.165, 1.54) is 5.56 Å². The zero-order valence-corrected chi connectivity index (χ0v) is 18.4. The van der Waals surface area contributed by atoms with Gasteiger partial charge in [-0.25, -0.2) is 9.50 Å². The number of piperazine rings is 1. The first-order valence-electron chi connectivity index (χ1n) is 11.3. The molecule has 0 bridgehead atoms. The number of benzene rings is 2. The van der Waals surface area contributed by atoms with Crippen LogP contribution >= 0.6 is 0 Å². The Bertz CT molecular complexity index is 1190. The van der Waals surface area contributed by atoms with Gasteiger partial charge in [0.25, 0.3) is 0 Å². The van der Waals surface area contributed by atoms with Crippen molar-refractivity contribution in [3.05, 3.63) is 78.2 Å². The van der Waals surface area contributed by atoms with Crippen molar-refractivity contribution in [1.29, 1.82) is 0 Å². The Hall–Kier alpha value is -3.06. The van der Waals surface area contributed by atoms with E-state index in [1.54, 1.807) is 6.92 Å². The van der Waals surface area contributed by atoms with Crippen LogP contribution in [0, 0.1) is 0 Å². The van der Waals surface area contributed by atoms with Crippen LogP contribution < -0.4 is 5.32 Å². The molecular formula is C26H29N5O. The number of nitrogens with zero attached hydrogens (tertiary/aromatic N) is 4. The molecule has 2 aromatic heterocycles. The third-order valence-electron chi connectivity index (χ3n) is 6.25. The Kier molecular flexibility index (Phi) is 5.99. The Morgan fingerprint density at radius 3 is 2.59 bits per heavy atom. The molecule has 0 aliphatic carbocycles. The summed E-state index contributed by atoms with van der Waals surface area (Å²) in [6.07, 6.45) is 6.35. The van der Waals surface area contributed by atoms with Crippen molar-refractivity contribution in [2.45, 2.75) is 19.4 Å². The number of hydrogen-bond acceptors (Lipinski definition) is 5. The van der Waals surface area contributed by atoms with Gasteiger partial charge in [0, 0.05) is 56.2 Å². The summed E-state index contributed by atoms with van der Waals surface area (Å²) in [5.41, 5.74) is 7.20. The fourth-order valence-corrected chi connectivity index (χ4v) is 4.28. The van der Waals surface area contributed by atoms with E-state index in [9.17, 15) is 5.11 Å². The molecule has 32 heavy (non-hydrogen) atoms. The van der Waals surface area contributed by atoms with Crippen LogP contribution in [0.5, 0.6) is 0 Å². The summed E-state index contributed by atoms with van der Waals surface area (Å²) in [6.45, 7) is 7.35. The van der Waals surface area contributed by atoms with Crippen LogP contribution in [0.15, 0.2) is 67.1 Å². The molecule has 6 nitrogen and oxygen atoms in total. The van der Waals surface area contributed by atoms with E-state index in [4.69, 9.17) is 4.98 Å². The lowest BCUT2D eigenvalue weighted by atomic mass is 10.0. The topological polar surface area (TPSA) is 65.7 Å². The second kappa shape index (κ2) is 9.20. The largest absolute Gasteiger partial charge is 0.389 e. The number of nitrogens with one attached hydrogen (secondary N) is 1. The van der Waals surface area contributed by atoms with Crippen LogP contribution in [-0.2, 0) is 6.42 Å². The minimum absolute atomic E-state index is 0.504. The Balaban J connectivity index is 1.33. The van der Waals surface area contributed by atoms with Crippen molar-refractivity contribution in [3.8, 4) is 22.3 Å². The second-order valence-corrected chi connectivity index (χ2v) is 8.51. The van der Waals surface area contributed by atoms with Crippen LogP contribution in [0.25, 0.3) is 27.9 Å². The number of fused-ring (bicyclic) bond motifs is 1. The minimum atomic E-state index is -0.504. The van der Waals surface area contributed by atoms with E-state index in [0.717, 1.165) is 72.6 Å². The fraction of sp³-hybridized carbons (Fsp3) is 0.308. The molecule has 1 fully saturated rings. The van der Waals surface area contributed by atoms with Crippen LogP contribution in [0.3, 0.4) is 0 Å². The first-order valence-corrected chi connectivity index (χ1v) is 11.3. The van der Waals surface area contributed by atoms with Crippen molar-refractivity contribution >= 4 is 5.65 Å². The molecule has 1 atom stereocenters. The van der Waals surface area contributed by atoms with E-state index in [-0.39, 0.29) is 0 Å². The Morgan fingerprint density at radius 2 is 1.81 bits per heavy atom. The molecule has 3 heterocycles. The van der Waals surface area contributed by atoms with Gasteiger partial charge in [-0.3, -0.25) is 0 Å². The number of aliphatic hydroxyl groups is 1. The van der Waals surface area contributed by atoms with Crippen molar-refractivity contribution in [2.24, 2.45) is 0 Å². The van der Waals surface area contributed by atoms with Crippen molar-refractivity contribution in [3.63, 3.8) is 0 Å². The van der Waals surface area contributed by atoms with Gasteiger partial charge < -0.3 is 15.3 Å². The molecule has 1 aliphatic rings. The highest BCUT2D eigenvalue weighted by Crippen LogP contribution is 2.27. The zero-order valence-electron chi connectivity index (χ0n) is 18.4. The van der Waals surface area contributed by atoms with Gasteiger partial charge in [0.1, 0.15) is 0 Å². The summed E-state index contributed by atoms with van der Waals surface area (Å²) >= 11 is 0. The summed E-state index contributed by atoms with van der Waals surface area (Å²) in [5, 5.41) is 17.8. The summed E-state index contributed by atoms with van der Waals surface area (Å²) in [6, 6.07) is 16.7. The monoisotopic (exact) mass is 427 g/mol. The van der Waals surface area contributed by atoms with Crippen LogP contribution in [-0.4, -0.2) is 57.3 Å². The van der Waals surface area contributed by atoms with Gasteiger partial charge in [-0.2, -0.15) is 5.10 Å². The average molecular weight is 428 g/mol. The molecule has 4 aromatic rings. The highest BCUT2D eigenvalue weighted by molar-refractivity contribution is 5.78. The summed E-state index contributed by atoms with van der Waals surface area (Å²) in [7, 11) is 0. The van der Waals surface area contributed by atoms with Crippen LogP contribution in [0.2, 0.25) is 0 Å². The van der Waals surface area contributed by atoms with Gasteiger partial charge in [-0.05, 0) is 41.7 Å². The second-order valence-electron chi connectivity index (χ2n) is 8.51. The van der Waals surface area contributed by atoms with Crippen molar-refractivity contribution < 1.29 is 5.11 Å². The molecule has 1 aliphatic heterocycles. The van der Waals surface area contributed by atoms with Gasteiger partial charge in [0.15, 0.2) is 5.65 Å². The van der Waals surface area contributed by atoms with Gasteiger partial charge in [-0.1, -0.05) is 42.5 Å². The fourth-order valence-electron chi connectivity index (χ4n) is 4.28. The molecule has 0 saturated carbocycles. The number of aromatic nitrogens is 3. The maximum atomic E-state index is 9.90. The number of aliphatic hydroxyl groups excluding tert-OH is 1. The summed E-state index contributed by atoms with van der Waals surface area (Å²) < 4.78 is 1.83. The maximum absolute atomic E-state index is 9.90. The normalized spacial score (nSPS) is 15.8. The van der Waals surface area contributed by atoms with Gasteiger partial charge in [-0.15, -0.1) is 0 Å². The minimum Gasteiger partial charge on any atom is -0.389 e. The molecule has 1 saturated heterocycles. The van der Waals surface area contributed by atoms with E-state index in [1.807, 2.05) is 47.4 Å². The van der Waals surface area contributed by atoms with Crippen LogP contribution in [0.4, 0.5) is 0 Å². The SMILES string of the molecule is CC(O)c1cccc(-c2cnn3cc(-c4ccc(CCN5CCNCC5)cc4)cnc23)c1. The predicted molar refractivity (Wildman–Crippen MR) is 128 cm³/mol. The molecule has 2 N–H and O–H groups in total. The van der Waals surface area contributed by atoms with Crippen molar-refractivity contribution in [1.82, 2.24) is 24.8 Å². The third-order valence-corrected chi connectivity index (χ3v) is 6.25. The molecule has 1 unspecified atom stereocenters. The maximum Gasteiger partial charge on any atom is 0.162 e. The summed E-state index contributed by atoms with van der Waals surface area (Å²) in [4.78, 5) is 7.24. The lowest BCUT2D eigenvalue weighted by Crippen LogP contribution is -2.44. The smallest absolute Gasteiger partial charge is 0.162 e. The van der Waals surface area contributed by atoms with Crippen molar-refractivity contribution in [2.75, 3.05) is 32.7 Å². The Labute approximate surface area is 188 Å². The molecule has 0 amide bonds. The highest BCUT2D eigenvalue weighted by atomic mass is 16.3. The first-order chi connectivity index (χ1) is 15.7. The molecule has 5 rings (SSSR count). The van der Waals surface area contributed by atoms with E-state index >= 15 is 0 Å². The molecule has 0 spiro atoms. The molecule has 0 radical (unpaired) electrons. The van der Waals surface area contributed by atoms with Gasteiger partial charge in [0.05, 0.1) is 12.3 Å². The van der Waals surface area contributed by atoms with E-state index < -0.39 is 6.10 Å². The zero-order chi connectivity index (χ0) is 21.9. The molecular weight excluding hydrogens is 398 g/mol. The third kappa shape index (κ3) is 4.43. The quantitative estimate of drug-likeness (QED) is 0.493. The van der Waals surface area contributed by atoms with Crippen LogP contribution in [0.1, 0.15) is 24.2 Å². The lowest BCUT2D eigenvalue weighted by Gasteiger charge is -2.27. The summed E-state index contributed by atoms with van der Waals surface area (Å²) in [5.74, 6) is 0. The highest BCUT2D eigenvalue weighted by Gasteiger charge is 2.12. The average Bonchev–Trinajstić information content (AvgIpc) is 3.27. The lowest BCUT2D eigenvalue weighted by molar-refractivity contribution is 0.199. The molecule has 6 heteroatoms. The Morgan fingerprint density at radius 1 is 1.00 bits per heavy atom.